The number of sulfonamides is 1. The number of nitrogens with one attached hydrogen (secondary N) is 2. The molecule has 2 aliphatic heterocycles. The van der Waals surface area contributed by atoms with Crippen LogP contribution in [0.15, 0.2) is 4.90 Å². The summed E-state index contributed by atoms with van der Waals surface area (Å²) in [6.07, 6.45) is 2.93. The minimum absolute atomic E-state index is 0.0280. The number of H-pyrrole nitrogens is 1. The van der Waals surface area contributed by atoms with Crippen LogP contribution in [0.1, 0.15) is 54.4 Å². The third-order valence-corrected chi connectivity index (χ3v) is 7.82. The van der Waals surface area contributed by atoms with Crippen LogP contribution in [-0.2, 0) is 24.3 Å². The number of hydrogen-bond acceptors (Lipinski definition) is 6. The fraction of sp³-hybridized carbons (Fsp3) is 0.700. The number of carbonyl (C=O) groups excluding carboxylic acids is 2. The summed E-state index contributed by atoms with van der Waals surface area (Å²) in [6, 6.07) is 0. The first-order valence-corrected chi connectivity index (χ1v) is 12.0. The summed E-state index contributed by atoms with van der Waals surface area (Å²) < 4.78 is 38.5. The molecule has 1 aromatic rings. The van der Waals surface area contributed by atoms with E-state index in [1.54, 1.807) is 20.8 Å². The van der Waals surface area contributed by atoms with Crippen molar-refractivity contribution in [2.75, 3.05) is 32.8 Å². The SMILES string of the molecule is CCOC(=O)c1c(C)[nH]c(C)c1S(=O)(=O)N1CCC(C(=O)NC[C@@H]2CCCO2)CC1. The maximum Gasteiger partial charge on any atom is 0.341 e. The molecule has 1 aromatic heterocycles. The largest absolute Gasteiger partial charge is 0.462 e. The van der Waals surface area contributed by atoms with E-state index in [2.05, 4.69) is 10.3 Å². The number of aromatic nitrogens is 1. The molecule has 9 nitrogen and oxygen atoms in total. The number of aryl methyl sites for hydroxylation is 2. The van der Waals surface area contributed by atoms with Gasteiger partial charge < -0.3 is 19.8 Å². The summed E-state index contributed by atoms with van der Waals surface area (Å²) >= 11 is 0. The molecule has 0 unspecified atom stereocenters. The average Bonchev–Trinajstić information content (AvgIpc) is 3.33. The Labute approximate surface area is 177 Å². The van der Waals surface area contributed by atoms with Gasteiger partial charge in [0.15, 0.2) is 0 Å². The van der Waals surface area contributed by atoms with Crippen molar-refractivity contribution in [3.63, 3.8) is 0 Å². The van der Waals surface area contributed by atoms with E-state index in [0.29, 0.717) is 30.8 Å². The van der Waals surface area contributed by atoms with Crippen LogP contribution in [0.25, 0.3) is 0 Å². The van der Waals surface area contributed by atoms with E-state index in [0.717, 1.165) is 19.4 Å². The predicted molar refractivity (Wildman–Crippen MR) is 110 cm³/mol. The van der Waals surface area contributed by atoms with Crippen LogP contribution >= 0.6 is 0 Å². The van der Waals surface area contributed by atoms with Crippen LogP contribution in [0.3, 0.4) is 0 Å². The minimum Gasteiger partial charge on any atom is -0.462 e. The summed E-state index contributed by atoms with van der Waals surface area (Å²) in [5.74, 6) is -0.929. The monoisotopic (exact) mass is 441 g/mol. The molecule has 30 heavy (non-hydrogen) atoms. The van der Waals surface area contributed by atoms with E-state index < -0.39 is 16.0 Å². The Kier molecular flexibility index (Phi) is 7.20. The second kappa shape index (κ2) is 9.49. The Morgan fingerprint density at radius 3 is 2.50 bits per heavy atom. The normalized spacial score (nSPS) is 21.0. The first-order valence-electron chi connectivity index (χ1n) is 10.5. The van der Waals surface area contributed by atoms with Gasteiger partial charge in [-0.3, -0.25) is 4.79 Å². The predicted octanol–water partition coefficient (Wildman–Crippen LogP) is 1.50. The Hall–Kier alpha value is -1.91. The van der Waals surface area contributed by atoms with Crippen LogP contribution in [0.2, 0.25) is 0 Å². The Bertz CT molecular complexity index is 881. The average molecular weight is 442 g/mol. The molecule has 168 valence electrons. The van der Waals surface area contributed by atoms with Crippen LogP contribution in [-0.4, -0.2) is 68.5 Å². The van der Waals surface area contributed by atoms with Crippen LogP contribution < -0.4 is 5.32 Å². The summed E-state index contributed by atoms with van der Waals surface area (Å²) in [5.41, 5.74) is 0.936. The number of esters is 1. The quantitative estimate of drug-likeness (QED) is 0.619. The molecule has 1 atom stereocenters. The molecule has 0 bridgehead atoms. The van der Waals surface area contributed by atoms with Gasteiger partial charge in [-0.2, -0.15) is 4.31 Å². The van der Waals surface area contributed by atoms with Gasteiger partial charge in [-0.15, -0.1) is 0 Å². The zero-order valence-corrected chi connectivity index (χ0v) is 18.6. The lowest BCUT2D eigenvalue weighted by molar-refractivity contribution is -0.126. The molecule has 3 heterocycles. The molecule has 2 saturated heterocycles. The number of aromatic amines is 1. The molecule has 0 saturated carbocycles. The molecule has 0 spiro atoms. The smallest absolute Gasteiger partial charge is 0.341 e. The van der Waals surface area contributed by atoms with Gasteiger partial charge in [-0.05, 0) is 46.5 Å². The molecule has 0 aliphatic carbocycles. The summed E-state index contributed by atoms with van der Waals surface area (Å²) in [6.45, 7) is 6.82. The van der Waals surface area contributed by atoms with Crippen molar-refractivity contribution in [3.05, 3.63) is 17.0 Å². The van der Waals surface area contributed by atoms with Gasteiger partial charge in [0.2, 0.25) is 15.9 Å². The van der Waals surface area contributed by atoms with Crippen LogP contribution in [0, 0.1) is 19.8 Å². The molecule has 10 heteroatoms. The molecule has 3 rings (SSSR count). The van der Waals surface area contributed by atoms with Gasteiger partial charge in [0, 0.05) is 43.5 Å². The maximum atomic E-state index is 13.3. The maximum absolute atomic E-state index is 13.3. The standard InChI is InChI=1S/C20H31N3O6S/c1-4-28-20(25)17-13(2)22-14(3)18(17)30(26,27)23-9-7-15(8-10-23)19(24)21-12-16-6-5-11-29-16/h15-16,22H,4-12H2,1-3H3,(H,21,24)/t16-/m0/s1. The van der Waals surface area contributed by atoms with Gasteiger partial charge in [0.25, 0.3) is 0 Å². The molecular weight excluding hydrogens is 410 g/mol. The molecule has 2 aliphatic rings. The van der Waals surface area contributed by atoms with Crippen molar-refractivity contribution in [3.8, 4) is 0 Å². The lowest BCUT2D eigenvalue weighted by Gasteiger charge is -2.31. The Morgan fingerprint density at radius 2 is 1.90 bits per heavy atom. The fourth-order valence-corrected chi connectivity index (χ4v) is 6.06. The molecule has 1 amide bonds. The number of ether oxygens (including phenoxy) is 2. The number of amides is 1. The third-order valence-electron chi connectivity index (χ3n) is 5.75. The van der Waals surface area contributed by atoms with Crippen molar-refractivity contribution in [1.29, 1.82) is 0 Å². The highest BCUT2D eigenvalue weighted by molar-refractivity contribution is 7.89. The summed E-state index contributed by atoms with van der Waals surface area (Å²) in [5, 5.41) is 2.93. The van der Waals surface area contributed by atoms with Gasteiger partial charge in [0.1, 0.15) is 10.5 Å². The highest BCUT2D eigenvalue weighted by Crippen LogP contribution is 2.30. The van der Waals surface area contributed by atoms with Crippen molar-refractivity contribution in [2.24, 2.45) is 5.92 Å². The summed E-state index contributed by atoms with van der Waals surface area (Å²) in [4.78, 5) is 27.7. The van der Waals surface area contributed by atoms with Crippen molar-refractivity contribution in [2.45, 2.75) is 57.5 Å². The topological polar surface area (TPSA) is 118 Å². The highest BCUT2D eigenvalue weighted by atomic mass is 32.2. The summed E-state index contributed by atoms with van der Waals surface area (Å²) in [7, 11) is -3.89. The fourth-order valence-electron chi connectivity index (χ4n) is 4.18. The number of nitrogens with zero attached hydrogens (tertiary/aromatic N) is 1. The number of rotatable bonds is 7. The van der Waals surface area contributed by atoms with Crippen LogP contribution in [0.4, 0.5) is 0 Å². The number of hydrogen-bond donors (Lipinski definition) is 2. The first-order chi connectivity index (χ1) is 14.3. The van der Waals surface area contributed by atoms with Crippen molar-refractivity contribution >= 4 is 21.9 Å². The van der Waals surface area contributed by atoms with Gasteiger partial charge in [-0.25, -0.2) is 13.2 Å². The van der Waals surface area contributed by atoms with E-state index >= 15 is 0 Å². The van der Waals surface area contributed by atoms with Gasteiger partial charge >= 0.3 is 5.97 Å². The third kappa shape index (κ3) is 4.70. The second-order valence-corrected chi connectivity index (χ2v) is 9.73. The Morgan fingerprint density at radius 1 is 1.20 bits per heavy atom. The lowest BCUT2D eigenvalue weighted by atomic mass is 9.97. The molecule has 0 aromatic carbocycles. The minimum atomic E-state index is -3.89. The van der Waals surface area contributed by atoms with Crippen LogP contribution in [0.5, 0.6) is 0 Å². The number of piperidine rings is 1. The first kappa shape index (κ1) is 22.8. The van der Waals surface area contributed by atoms with Crippen molar-refractivity contribution in [1.82, 2.24) is 14.6 Å². The van der Waals surface area contributed by atoms with E-state index in [1.807, 2.05) is 0 Å². The van der Waals surface area contributed by atoms with E-state index in [-0.39, 0.29) is 48.1 Å². The zero-order valence-electron chi connectivity index (χ0n) is 17.8. The number of carbonyl (C=O) groups is 2. The zero-order chi connectivity index (χ0) is 21.9. The molecule has 2 fully saturated rings. The molecule has 0 radical (unpaired) electrons. The molecule has 2 N–H and O–H groups in total. The van der Waals surface area contributed by atoms with Gasteiger partial charge in [-0.1, -0.05) is 0 Å². The van der Waals surface area contributed by atoms with Crippen molar-refractivity contribution < 1.29 is 27.5 Å². The Balaban J connectivity index is 1.66. The lowest BCUT2D eigenvalue weighted by Crippen LogP contribution is -2.44. The van der Waals surface area contributed by atoms with Gasteiger partial charge in [0.05, 0.1) is 12.7 Å². The van der Waals surface area contributed by atoms with E-state index in [4.69, 9.17) is 9.47 Å². The van der Waals surface area contributed by atoms with E-state index in [9.17, 15) is 18.0 Å². The molecular formula is C20H31N3O6S. The highest BCUT2D eigenvalue weighted by Gasteiger charge is 2.37. The van der Waals surface area contributed by atoms with E-state index in [1.165, 1.54) is 4.31 Å². The second-order valence-electron chi connectivity index (χ2n) is 7.86.